The van der Waals surface area contributed by atoms with Crippen LogP contribution in [0.4, 0.5) is 4.39 Å². The molecule has 8 heteroatoms. The second-order valence-corrected chi connectivity index (χ2v) is 6.77. The summed E-state index contributed by atoms with van der Waals surface area (Å²) in [6, 6.07) is 7.89. The second kappa shape index (κ2) is 8.24. The summed E-state index contributed by atoms with van der Waals surface area (Å²) < 4.78 is 26.2. The zero-order chi connectivity index (χ0) is 20.3. The van der Waals surface area contributed by atoms with Crippen LogP contribution in [0.3, 0.4) is 0 Å². The molecule has 3 aromatic rings. The first-order chi connectivity index (χ1) is 13.3. The fourth-order valence-corrected chi connectivity index (χ4v) is 2.91. The van der Waals surface area contributed by atoms with E-state index in [4.69, 9.17) is 9.26 Å². The van der Waals surface area contributed by atoms with Crippen LogP contribution < -0.4 is 10.1 Å². The third-order valence-corrected chi connectivity index (χ3v) is 4.34. The topological polar surface area (TPSA) is 82.2 Å². The molecule has 1 atom stereocenters. The number of hydrogen-bond acceptors (Lipinski definition) is 5. The van der Waals surface area contributed by atoms with E-state index in [9.17, 15) is 9.18 Å². The van der Waals surface area contributed by atoms with Crippen LogP contribution in [0.1, 0.15) is 40.1 Å². The Morgan fingerprint density at radius 1 is 1.32 bits per heavy atom. The fraction of sp³-hybridized carbons (Fsp3) is 0.350. The minimum absolute atomic E-state index is 0.0230. The molecule has 2 aromatic heterocycles. The number of amides is 1. The van der Waals surface area contributed by atoms with E-state index in [0.717, 1.165) is 11.4 Å². The van der Waals surface area contributed by atoms with Gasteiger partial charge in [0, 0.05) is 11.7 Å². The molecule has 0 fully saturated rings. The fourth-order valence-electron chi connectivity index (χ4n) is 2.91. The minimum Gasteiger partial charge on any atom is -0.486 e. The monoisotopic (exact) mass is 386 g/mol. The molecular formula is C20H23FN4O3. The van der Waals surface area contributed by atoms with Gasteiger partial charge in [0.1, 0.15) is 12.4 Å². The Morgan fingerprint density at radius 2 is 2.07 bits per heavy atom. The van der Waals surface area contributed by atoms with Gasteiger partial charge in [-0.15, -0.1) is 0 Å². The number of nitrogens with one attached hydrogen (secondary N) is 1. The molecule has 0 saturated carbocycles. The van der Waals surface area contributed by atoms with E-state index in [2.05, 4.69) is 15.6 Å². The van der Waals surface area contributed by atoms with E-state index in [0.29, 0.717) is 17.9 Å². The van der Waals surface area contributed by atoms with Crippen molar-refractivity contribution in [1.82, 2.24) is 20.3 Å². The van der Waals surface area contributed by atoms with Crippen LogP contribution in [-0.4, -0.2) is 26.9 Å². The zero-order valence-corrected chi connectivity index (χ0v) is 16.3. The largest absolute Gasteiger partial charge is 0.486 e. The highest BCUT2D eigenvalue weighted by Crippen LogP contribution is 2.20. The van der Waals surface area contributed by atoms with Crippen molar-refractivity contribution in [2.75, 3.05) is 0 Å². The molecular weight excluding hydrogens is 363 g/mol. The van der Waals surface area contributed by atoms with Crippen molar-refractivity contribution in [3.63, 3.8) is 0 Å². The highest BCUT2D eigenvalue weighted by atomic mass is 19.1. The Balaban J connectivity index is 1.67. The van der Waals surface area contributed by atoms with Crippen LogP contribution in [0.15, 0.2) is 34.9 Å². The van der Waals surface area contributed by atoms with Crippen molar-refractivity contribution in [1.29, 1.82) is 0 Å². The van der Waals surface area contributed by atoms with E-state index in [1.807, 2.05) is 31.5 Å². The molecule has 0 spiro atoms. The zero-order valence-electron chi connectivity index (χ0n) is 16.3. The predicted molar refractivity (Wildman–Crippen MR) is 101 cm³/mol. The minimum atomic E-state index is -0.471. The summed E-state index contributed by atoms with van der Waals surface area (Å²) in [7, 11) is 0. The van der Waals surface area contributed by atoms with E-state index < -0.39 is 5.82 Å². The van der Waals surface area contributed by atoms with Crippen molar-refractivity contribution in [2.45, 2.75) is 46.9 Å². The lowest BCUT2D eigenvalue weighted by Crippen LogP contribution is -2.36. The first-order valence-corrected chi connectivity index (χ1v) is 8.99. The first-order valence-electron chi connectivity index (χ1n) is 8.99. The van der Waals surface area contributed by atoms with Crippen LogP contribution in [0.5, 0.6) is 5.75 Å². The summed E-state index contributed by atoms with van der Waals surface area (Å²) in [5.41, 5.74) is 2.57. The van der Waals surface area contributed by atoms with Crippen molar-refractivity contribution < 1.29 is 18.4 Å². The maximum absolute atomic E-state index is 13.7. The highest BCUT2D eigenvalue weighted by Gasteiger charge is 2.22. The summed E-state index contributed by atoms with van der Waals surface area (Å²) in [6.45, 7) is 7.97. The van der Waals surface area contributed by atoms with E-state index in [-0.39, 0.29) is 30.0 Å². The van der Waals surface area contributed by atoms with E-state index >= 15 is 0 Å². The van der Waals surface area contributed by atoms with Gasteiger partial charge in [-0.05, 0) is 45.9 Å². The molecule has 7 nitrogen and oxygen atoms in total. The quantitative estimate of drug-likeness (QED) is 0.673. The number of nitrogens with zero attached hydrogens (tertiary/aromatic N) is 3. The van der Waals surface area contributed by atoms with Gasteiger partial charge < -0.3 is 14.6 Å². The predicted octanol–water partition coefficient (Wildman–Crippen LogP) is 3.33. The third kappa shape index (κ3) is 4.39. The van der Waals surface area contributed by atoms with Crippen molar-refractivity contribution >= 4 is 5.91 Å². The molecule has 1 unspecified atom stereocenters. The van der Waals surface area contributed by atoms with E-state index in [1.165, 1.54) is 12.1 Å². The number of carbonyl (C=O) groups is 1. The standard InChI is InChI=1S/C20H23FN4O3/c1-12-9-14(3)25(23-12)10-13(2)22-20(26)19-16(15(4)28-24-19)11-27-18-8-6-5-7-17(18)21/h5-9,13H,10-11H2,1-4H3,(H,22,26). The number of ether oxygens (including phenoxy) is 1. The van der Waals surface area contributed by atoms with Gasteiger partial charge in [0.2, 0.25) is 0 Å². The Bertz CT molecular complexity index is 980. The van der Waals surface area contributed by atoms with Crippen molar-refractivity contribution in [3.8, 4) is 5.75 Å². The average Bonchev–Trinajstić information content (AvgIpc) is 3.15. The first kappa shape index (κ1) is 19.6. The molecule has 148 valence electrons. The lowest BCUT2D eigenvalue weighted by Gasteiger charge is -2.15. The molecule has 1 N–H and O–H groups in total. The summed E-state index contributed by atoms with van der Waals surface area (Å²) in [4.78, 5) is 12.7. The molecule has 1 amide bonds. The van der Waals surface area contributed by atoms with Gasteiger partial charge in [-0.2, -0.15) is 5.10 Å². The van der Waals surface area contributed by atoms with Crippen LogP contribution in [0.25, 0.3) is 0 Å². The molecule has 28 heavy (non-hydrogen) atoms. The molecule has 0 aliphatic carbocycles. The Kier molecular flexibility index (Phi) is 5.77. The van der Waals surface area contributed by atoms with Crippen LogP contribution in [0.2, 0.25) is 0 Å². The summed E-state index contributed by atoms with van der Waals surface area (Å²) in [6.07, 6.45) is 0. The second-order valence-electron chi connectivity index (χ2n) is 6.77. The Morgan fingerprint density at radius 3 is 2.75 bits per heavy atom. The maximum atomic E-state index is 13.7. The van der Waals surface area contributed by atoms with Gasteiger partial charge in [0.25, 0.3) is 5.91 Å². The van der Waals surface area contributed by atoms with Gasteiger partial charge in [0.15, 0.2) is 17.3 Å². The number of rotatable bonds is 7. The summed E-state index contributed by atoms with van der Waals surface area (Å²) in [5.74, 6) is -0.292. The Hall–Kier alpha value is -3.16. The summed E-state index contributed by atoms with van der Waals surface area (Å²) >= 11 is 0. The number of aryl methyl sites for hydroxylation is 3. The third-order valence-electron chi connectivity index (χ3n) is 4.34. The molecule has 0 bridgehead atoms. The van der Waals surface area contributed by atoms with Gasteiger partial charge in [-0.1, -0.05) is 17.3 Å². The smallest absolute Gasteiger partial charge is 0.274 e. The van der Waals surface area contributed by atoms with Gasteiger partial charge in [-0.3, -0.25) is 9.48 Å². The van der Waals surface area contributed by atoms with Gasteiger partial charge in [-0.25, -0.2) is 4.39 Å². The van der Waals surface area contributed by atoms with Gasteiger partial charge in [0.05, 0.1) is 17.8 Å². The van der Waals surface area contributed by atoms with Crippen molar-refractivity contribution in [2.24, 2.45) is 0 Å². The van der Waals surface area contributed by atoms with Crippen LogP contribution in [-0.2, 0) is 13.2 Å². The molecule has 0 radical (unpaired) electrons. The Labute approximate surface area is 162 Å². The van der Waals surface area contributed by atoms with E-state index in [1.54, 1.807) is 19.1 Å². The SMILES string of the molecule is Cc1cc(C)n(CC(C)NC(=O)c2noc(C)c2COc2ccccc2F)n1. The number of carbonyl (C=O) groups excluding carboxylic acids is 1. The number of para-hydroxylation sites is 1. The van der Waals surface area contributed by atoms with Crippen LogP contribution >= 0.6 is 0 Å². The number of benzene rings is 1. The summed E-state index contributed by atoms with van der Waals surface area (Å²) in [5, 5.41) is 11.1. The normalized spacial score (nSPS) is 12.0. The molecule has 0 aliphatic heterocycles. The lowest BCUT2D eigenvalue weighted by molar-refractivity contribution is 0.0924. The average molecular weight is 386 g/mol. The molecule has 0 aliphatic rings. The maximum Gasteiger partial charge on any atom is 0.274 e. The van der Waals surface area contributed by atoms with Crippen molar-refractivity contribution in [3.05, 3.63) is 64.6 Å². The highest BCUT2D eigenvalue weighted by molar-refractivity contribution is 5.93. The molecule has 3 rings (SSSR count). The van der Waals surface area contributed by atoms with Crippen LogP contribution in [0, 0.1) is 26.6 Å². The molecule has 1 aromatic carbocycles. The lowest BCUT2D eigenvalue weighted by atomic mass is 10.2. The number of aromatic nitrogens is 3. The van der Waals surface area contributed by atoms with Gasteiger partial charge >= 0.3 is 0 Å². The molecule has 2 heterocycles. The number of hydrogen-bond donors (Lipinski definition) is 1. The molecule has 0 saturated heterocycles. The number of halogens is 1.